The lowest BCUT2D eigenvalue weighted by Gasteiger charge is -2.23. The molecule has 0 amide bonds. The van der Waals surface area contributed by atoms with Gasteiger partial charge in [-0.3, -0.25) is 0 Å². The van der Waals surface area contributed by atoms with Gasteiger partial charge < -0.3 is 10.1 Å². The van der Waals surface area contributed by atoms with Crippen LogP contribution in [0.1, 0.15) is 56.2 Å². The van der Waals surface area contributed by atoms with Crippen molar-refractivity contribution < 1.29 is 4.74 Å². The minimum atomic E-state index is 0.565. The van der Waals surface area contributed by atoms with Crippen LogP contribution in [0.3, 0.4) is 0 Å². The summed E-state index contributed by atoms with van der Waals surface area (Å²) in [5.41, 5.74) is 2.92. The van der Waals surface area contributed by atoms with E-state index in [0.29, 0.717) is 6.04 Å². The first kappa shape index (κ1) is 13.6. The van der Waals surface area contributed by atoms with Gasteiger partial charge in [0.1, 0.15) is 5.75 Å². The Labute approximate surface area is 128 Å². The minimum absolute atomic E-state index is 0.565. The molecule has 1 aliphatic heterocycles. The van der Waals surface area contributed by atoms with E-state index in [0.717, 1.165) is 43.1 Å². The normalized spacial score (nSPS) is 31.8. The average Bonchev–Trinajstić information content (AvgIpc) is 3.26. The Morgan fingerprint density at radius 1 is 1.19 bits per heavy atom. The summed E-state index contributed by atoms with van der Waals surface area (Å²) in [6, 6.07) is 7.50. The highest BCUT2D eigenvalue weighted by Crippen LogP contribution is 2.60. The number of nitrogens with one attached hydrogen (secondary N) is 1. The second kappa shape index (κ2) is 5.64. The monoisotopic (exact) mass is 285 g/mol. The lowest BCUT2D eigenvalue weighted by atomic mass is 9.95. The van der Waals surface area contributed by atoms with Crippen LogP contribution in [0.5, 0.6) is 5.75 Å². The molecular formula is C19H27NO. The van der Waals surface area contributed by atoms with E-state index >= 15 is 0 Å². The van der Waals surface area contributed by atoms with Crippen LogP contribution in [-0.2, 0) is 6.42 Å². The van der Waals surface area contributed by atoms with Gasteiger partial charge in [-0.05, 0) is 67.2 Å². The highest BCUT2D eigenvalue weighted by molar-refractivity contribution is 5.40. The standard InChI is InChI=1S/C19H27NO/c1-2-20-19(18-15-7-3-4-8-16(15)18)14-9-10-17-13(12-14)6-5-11-21-17/h9-10,12,15-16,18-20H,2-8,11H2,1H3. The lowest BCUT2D eigenvalue weighted by molar-refractivity contribution is 0.288. The molecule has 2 heteroatoms. The van der Waals surface area contributed by atoms with Crippen LogP contribution in [0.25, 0.3) is 0 Å². The first-order valence-electron chi connectivity index (χ1n) is 8.87. The average molecular weight is 285 g/mol. The molecule has 0 aromatic heterocycles. The maximum Gasteiger partial charge on any atom is 0.122 e. The fourth-order valence-corrected chi connectivity index (χ4v) is 4.81. The van der Waals surface area contributed by atoms with E-state index in [9.17, 15) is 0 Å². The van der Waals surface area contributed by atoms with E-state index in [1.165, 1.54) is 43.2 Å². The molecule has 2 fully saturated rings. The molecule has 21 heavy (non-hydrogen) atoms. The van der Waals surface area contributed by atoms with Crippen molar-refractivity contribution in [3.05, 3.63) is 29.3 Å². The van der Waals surface area contributed by atoms with Crippen molar-refractivity contribution in [2.75, 3.05) is 13.2 Å². The lowest BCUT2D eigenvalue weighted by Crippen LogP contribution is -2.24. The molecule has 3 aliphatic rings. The minimum Gasteiger partial charge on any atom is -0.493 e. The maximum absolute atomic E-state index is 5.77. The third-order valence-corrected chi connectivity index (χ3v) is 5.82. The summed E-state index contributed by atoms with van der Waals surface area (Å²) in [5.74, 6) is 3.99. The quantitative estimate of drug-likeness (QED) is 0.899. The smallest absolute Gasteiger partial charge is 0.122 e. The second-order valence-corrected chi connectivity index (χ2v) is 7.04. The number of benzene rings is 1. The Morgan fingerprint density at radius 3 is 2.76 bits per heavy atom. The summed E-state index contributed by atoms with van der Waals surface area (Å²) in [4.78, 5) is 0. The number of aryl methyl sites for hydroxylation is 1. The van der Waals surface area contributed by atoms with Crippen molar-refractivity contribution in [2.45, 2.75) is 51.5 Å². The Balaban J connectivity index is 1.59. The van der Waals surface area contributed by atoms with Crippen molar-refractivity contribution in [1.29, 1.82) is 0 Å². The van der Waals surface area contributed by atoms with Gasteiger partial charge in [0.2, 0.25) is 0 Å². The van der Waals surface area contributed by atoms with Gasteiger partial charge in [-0.1, -0.05) is 31.9 Å². The first-order valence-corrected chi connectivity index (χ1v) is 8.87. The largest absolute Gasteiger partial charge is 0.493 e. The van der Waals surface area contributed by atoms with E-state index in [2.05, 4.69) is 30.4 Å². The third kappa shape index (κ3) is 2.48. The third-order valence-electron chi connectivity index (χ3n) is 5.82. The molecule has 3 unspecified atom stereocenters. The van der Waals surface area contributed by atoms with E-state index in [1.807, 2.05) is 0 Å². The number of hydrogen-bond donors (Lipinski definition) is 1. The fraction of sp³-hybridized carbons (Fsp3) is 0.684. The van der Waals surface area contributed by atoms with Crippen molar-refractivity contribution in [3.8, 4) is 5.75 Å². The van der Waals surface area contributed by atoms with Crippen LogP contribution >= 0.6 is 0 Å². The molecule has 0 radical (unpaired) electrons. The summed E-state index contributed by atoms with van der Waals surface area (Å²) in [6.07, 6.45) is 8.18. The summed E-state index contributed by atoms with van der Waals surface area (Å²) >= 11 is 0. The molecule has 2 saturated carbocycles. The maximum atomic E-state index is 5.77. The van der Waals surface area contributed by atoms with Gasteiger partial charge in [0, 0.05) is 6.04 Å². The molecule has 1 aromatic carbocycles. The SMILES string of the molecule is CCNC(c1ccc2c(c1)CCCO2)C1C2CCCCC21. The molecule has 0 saturated heterocycles. The predicted octanol–water partition coefficient (Wildman–Crippen LogP) is 4.10. The molecule has 1 N–H and O–H groups in total. The van der Waals surface area contributed by atoms with E-state index < -0.39 is 0 Å². The Bertz CT molecular complexity index is 500. The van der Waals surface area contributed by atoms with Crippen molar-refractivity contribution in [3.63, 3.8) is 0 Å². The van der Waals surface area contributed by atoms with Crippen LogP contribution in [0.4, 0.5) is 0 Å². The van der Waals surface area contributed by atoms with Crippen molar-refractivity contribution in [1.82, 2.24) is 5.32 Å². The number of rotatable bonds is 4. The summed E-state index contributed by atoms with van der Waals surface area (Å²) < 4.78 is 5.77. The molecule has 114 valence electrons. The zero-order chi connectivity index (χ0) is 14.2. The fourth-order valence-electron chi connectivity index (χ4n) is 4.81. The number of hydrogen-bond acceptors (Lipinski definition) is 2. The van der Waals surface area contributed by atoms with Crippen LogP contribution < -0.4 is 10.1 Å². The van der Waals surface area contributed by atoms with Gasteiger partial charge in [-0.15, -0.1) is 0 Å². The second-order valence-electron chi connectivity index (χ2n) is 7.04. The van der Waals surface area contributed by atoms with Gasteiger partial charge in [0.15, 0.2) is 0 Å². The van der Waals surface area contributed by atoms with Gasteiger partial charge in [-0.25, -0.2) is 0 Å². The van der Waals surface area contributed by atoms with E-state index in [4.69, 9.17) is 4.74 Å². The zero-order valence-corrected chi connectivity index (χ0v) is 13.1. The topological polar surface area (TPSA) is 21.3 Å². The Kier molecular flexibility index (Phi) is 3.66. The van der Waals surface area contributed by atoms with Crippen LogP contribution in [0, 0.1) is 17.8 Å². The molecule has 4 rings (SSSR count). The molecule has 0 bridgehead atoms. The summed E-state index contributed by atoms with van der Waals surface area (Å²) in [7, 11) is 0. The van der Waals surface area contributed by atoms with Gasteiger partial charge in [0.05, 0.1) is 6.61 Å². The Hall–Kier alpha value is -1.02. The van der Waals surface area contributed by atoms with Crippen LogP contribution in [-0.4, -0.2) is 13.2 Å². The van der Waals surface area contributed by atoms with Crippen molar-refractivity contribution in [2.24, 2.45) is 17.8 Å². The molecule has 0 spiro atoms. The van der Waals surface area contributed by atoms with Crippen LogP contribution in [0.2, 0.25) is 0 Å². The van der Waals surface area contributed by atoms with Gasteiger partial charge in [-0.2, -0.15) is 0 Å². The van der Waals surface area contributed by atoms with Gasteiger partial charge >= 0.3 is 0 Å². The zero-order valence-electron chi connectivity index (χ0n) is 13.1. The van der Waals surface area contributed by atoms with E-state index in [-0.39, 0.29) is 0 Å². The predicted molar refractivity (Wildman–Crippen MR) is 85.6 cm³/mol. The highest BCUT2D eigenvalue weighted by atomic mass is 16.5. The molecule has 3 atom stereocenters. The molecular weight excluding hydrogens is 258 g/mol. The van der Waals surface area contributed by atoms with Crippen molar-refractivity contribution >= 4 is 0 Å². The highest BCUT2D eigenvalue weighted by Gasteiger charge is 2.54. The van der Waals surface area contributed by atoms with Crippen LogP contribution in [0.15, 0.2) is 18.2 Å². The summed E-state index contributed by atoms with van der Waals surface area (Å²) in [5, 5.41) is 3.78. The molecule has 1 heterocycles. The molecule has 2 aliphatic carbocycles. The Morgan fingerprint density at radius 2 is 2.00 bits per heavy atom. The first-order chi connectivity index (χ1) is 10.4. The molecule has 1 aromatic rings. The van der Waals surface area contributed by atoms with Gasteiger partial charge in [0.25, 0.3) is 0 Å². The summed E-state index contributed by atoms with van der Waals surface area (Å²) in [6.45, 7) is 4.19. The van der Waals surface area contributed by atoms with E-state index in [1.54, 1.807) is 0 Å². The molecule has 2 nitrogen and oxygen atoms in total. The number of ether oxygens (including phenoxy) is 1. The number of fused-ring (bicyclic) bond motifs is 2.